The first-order valence-corrected chi connectivity index (χ1v) is 7.75. The third-order valence-electron chi connectivity index (χ3n) is 4.43. The third-order valence-corrected chi connectivity index (χ3v) is 4.43. The molecule has 1 aromatic rings. The summed E-state index contributed by atoms with van der Waals surface area (Å²) >= 11 is 0. The normalized spacial score (nSPS) is 27.3. The Morgan fingerprint density at radius 3 is 2.64 bits per heavy atom. The average Bonchev–Trinajstić information content (AvgIpc) is 2.53. The summed E-state index contributed by atoms with van der Waals surface area (Å²) in [5.41, 5.74) is 4.51. The summed E-state index contributed by atoms with van der Waals surface area (Å²) in [5.74, 6) is 4.27. The largest absolute Gasteiger partial charge is 0.479 e. The zero-order valence-corrected chi connectivity index (χ0v) is 12.8. The number of hydrogen-bond acceptors (Lipinski definition) is 3. The quantitative estimate of drug-likeness (QED) is 0.747. The lowest BCUT2D eigenvalue weighted by atomic mass is 9.66. The summed E-state index contributed by atoms with van der Waals surface area (Å²) in [6, 6.07) is 8.62. The molecule has 4 N–H and O–H groups in total. The van der Waals surface area contributed by atoms with E-state index in [4.69, 9.17) is 5.73 Å². The van der Waals surface area contributed by atoms with E-state index < -0.39 is 17.5 Å². The minimum Gasteiger partial charge on any atom is -0.479 e. The highest BCUT2D eigenvalue weighted by atomic mass is 16.4. The number of nitrogens with two attached hydrogens (primary N) is 1. The van der Waals surface area contributed by atoms with Gasteiger partial charge in [0.25, 0.3) is 0 Å². The average molecular weight is 301 g/mol. The molecule has 1 fully saturated rings. The smallest absolute Gasteiger partial charge is 0.340 e. The van der Waals surface area contributed by atoms with Crippen molar-refractivity contribution in [2.75, 3.05) is 0 Å². The van der Waals surface area contributed by atoms with E-state index in [1.807, 2.05) is 6.92 Å². The molecule has 0 radical (unpaired) electrons. The van der Waals surface area contributed by atoms with E-state index in [2.05, 4.69) is 11.8 Å². The number of hydrogen-bond donors (Lipinski definition) is 3. The number of aliphatic hydroxyl groups is 1. The maximum Gasteiger partial charge on any atom is 0.340 e. The molecular formula is C18H23NO3. The Labute approximate surface area is 131 Å². The molecule has 4 atom stereocenters. The van der Waals surface area contributed by atoms with E-state index in [1.165, 1.54) is 0 Å². The number of aliphatic carboxylic acids is 1. The molecule has 0 amide bonds. The van der Waals surface area contributed by atoms with Gasteiger partial charge in [-0.1, -0.05) is 43.2 Å². The van der Waals surface area contributed by atoms with Crippen LogP contribution in [0.4, 0.5) is 0 Å². The van der Waals surface area contributed by atoms with Crippen LogP contribution in [0.1, 0.15) is 38.2 Å². The Kier molecular flexibility index (Phi) is 5.23. The lowest BCUT2D eigenvalue weighted by Crippen LogP contribution is -2.49. The molecule has 1 aliphatic rings. The van der Waals surface area contributed by atoms with Crippen LogP contribution in [0.25, 0.3) is 0 Å². The lowest BCUT2D eigenvalue weighted by Gasteiger charge is -2.40. The van der Waals surface area contributed by atoms with Gasteiger partial charge in [-0.05, 0) is 24.8 Å². The van der Waals surface area contributed by atoms with Crippen LogP contribution < -0.4 is 5.73 Å². The number of carboxylic acid groups (broad SMARTS) is 1. The van der Waals surface area contributed by atoms with E-state index >= 15 is 0 Å². The Hall–Kier alpha value is -1.83. The predicted molar refractivity (Wildman–Crippen MR) is 84.8 cm³/mol. The SMILES string of the molecule is CCC#CC1CC(N)CCC1C(O)(C(=O)O)c1ccccc1. The summed E-state index contributed by atoms with van der Waals surface area (Å²) in [5, 5.41) is 20.8. The van der Waals surface area contributed by atoms with Gasteiger partial charge < -0.3 is 15.9 Å². The minimum atomic E-state index is -1.92. The summed E-state index contributed by atoms with van der Waals surface area (Å²) in [6.45, 7) is 1.95. The minimum absolute atomic E-state index is 0.0150. The highest BCUT2D eigenvalue weighted by molar-refractivity contribution is 5.79. The van der Waals surface area contributed by atoms with Crippen LogP contribution in [0.3, 0.4) is 0 Å². The van der Waals surface area contributed by atoms with Crippen molar-refractivity contribution in [3.05, 3.63) is 35.9 Å². The molecule has 118 valence electrons. The summed E-state index contributed by atoms with van der Waals surface area (Å²) < 4.78 is 0. The first-order chi connectivity index (χ1) is 10.5. The zero-order chi connectivity index (χ0) is 16.2. The van der Waals surface area contributed by atoms with E-state index in [0.29, 0.717) is 31.2 Å². The fourth-order valence-corrected chi connectivity index (χ4v) is 3.28. The van der Waals surface area contributed by atoms with Gasteiger partial charge >= 0.3 is 5.97 Å². The van der Waals surface area contributed by atoms with Gasteiger partial charge in [0.2, 0.25) is 0 Å². The van der Waals surface area contributed by atoms with Gasteiger partial charge in [0.1, 0.15) is 0 Å². The van der Waals surface area contributed by atoms with Crippen LogP contribution in [0.5, 0.6) is 0 Å². The predicted octanol–water partition coefficient (Wildman–Crippen LogP) is 2.12. The molecule has 2 rings (SSSR count). The molecule has 0 saturated heterocycles. The summed E-state index contributed by atoms with van der Waals surface area (Å²) in [6.07, 6.45) is 2.59. The molecule has 4 unspecified atom stereocenters. The Morgan fingerprint density at radius 1 is 1.36 bits per heavy atom. The molecule has 0 spiro atoms. The molecule has 1 aromatic carbocycles. The van der Waals surface area contributed by atoms with Gasteiger partial charge in [-0.25, -0.2) is 4.79 Å². The number of benzene rings is 1. The first kappa shape index (κ1) is 16.5. The highest BCUT2D eigenvalue weighted by Gasteiger charge is 2.50. The van der Waals surface area contributed by atoms with Crippen molar-refractivity contribution in [2.45, 2.75) is 44.2 Å². The molecular weight excluding hydrogens is 278 g/mol. The molecule has 0 bridgehead atoms. The van der Waals surface area contributed by atoms with Crippen molar-refractivity contribution in [2.24, 2.45) is 17.6 Å². The maximum atomic E-state index is 11.9. The molecule has 4 heteroatoms. The second kappa shape index (κ2) is 6.95. The van der Waals surface area contributed by atoms with Crippen molar-refractivity contribution < 1.29 is 15.0 Å². The Morgan fingerprint density at radius 2 is 2.05 bits per heavy atom. The molecule has 22 heavy (non-hydrogen) atoms. The van der Waals surface area contributed by atoms with E-state index in [-0.39, 0.29) is 12.0 Å². The maximum absolute atomic E-state index is 11.9. The van der Waals surface area contributed by atoms with Crippen LogP contribution in [0.2, 0.25) is 0 Å². The van der Waals surface area contributed by atoms with Crippen LogP contribution in [-0.2, 0) is 10.4 Å². The van der Waals surface area contributed by atoms with Gasteiger partial charge in [-0.2, -0.15) is 0 Å². The number of rotatable bonds is 3. The standard InChI is InChI=1S/C18H23NO3/c1-2-3-7-13-12-15(19)10-11-16(13)18(22,17(20)21)14-8-5-4-6-9-14/h4-6,8-9,13,15-16,22H,2,10-12,19H2,1H3,(H,20,21). The van der Waals surface area contributed by atoms with Gasteiger partial charge in [0, 0.05) is 24.3 Å². The monoisotopic (exact) mass is 301 g/mol. The second-order valence-corrected chi connectivity index (χ2v) is 5.90. The van der Waals surface area contributed by atoms with E-state index in [9.17, 15) is 15.0 Å². The van der Waals surface area contributed by atoms with Crippen LogP contribution in [0, 0.1) is 23.7 Å². The molecule has 0 heterocycles. The number of carbonyl (C=O) groups is 1. The fourth-order valence-electron chi connectivity index (χ4n) is 3.28. The van der Waals surface area contributed by atoms with Crippen LogP contribution in [-0.4, -0.2) is 22.2 Å². The summed E-state index contributed by atoms with van der Waals surface area (Å²) in [7, 11) is 0. The first-order valence-electron chi connectivity index (χ1n) is 7.75. The van der Waals surface area contributed by atoms with Gasteiger partial charge in [-0.15, -0.1) is 5.92 Å². The molecule has 0 aliphatic heterocycles. The van der Waals surface area contributed by atoms with Crippen molar-refractivity contribution in [1.29, 1.82) is 0 Å². The Bertz CT molecular complexity index is 575. The number of carboxylic acids is 1. The van der Waals surface area contributed by atoms with Gasteiger partial charge in [-0.3, -0.25) is 0 Å². The van der Waals surface area contributed by atoms with Crippen molar-refractivity contribution in [3.8, 4) is 11.8 Å². The molecule has 1 aliphatic carbocycles. The second-order valence-electron chi connectivity index (χ2n) is 5.90. The van der Waals surface area contributed by atoms with Gasteiger partial charge in [0.15, 0.2) is 5.60 Å². The van der Waals surface area contributed by atoms with E-state index in [1.54, 1.807) is 30.3 Å². The molecule has 0 aromatic heterocycles. The third kappa shape index (κ3) is 3.16. The van der Waals surface area contributed by atoms with Crippen LogP contribution >= 0.6 is 0 Å². The molecule has 4 nitrogen and oxygen atoms in total. The van der Waals surface area contributed by atoms with Crippen molar-refractivity contribution in [1.82, 2.24) is 0 Å². The molecule has 1 saturated carbocycles. The Balaban J connectivity index is 2.43. The van der Waals surface area contributed by atoms with Crippen molar-refractivity contribution in [3.63, 3.8) is 0 Å². The zero-order valence-electron chi connectivity index (χ0n) is 12.8. The summed E-state index contributed by atoms with van der Waals surface area (Å²) in [4.78, 5) is 11.9. The van der Waals surface area contributed by atoms with Crippen molar-refractivity contribution >= 4 is 5.97 Å². The highest BCUT2D eigenvalue weighted by Crippen LogP contribution is 2.42. The lowest BCUT2D eigenvalue weighted by molar-refractivity contribution is -0.170. The fraction of sp³-hybridized carbons (Fsp3) is 0.500. The van der Waals surface area contributed by atoms with Gasteiger partial charge in [0.05, 0.1) is 0 Å². The van der Waals surface area contributed by atoms with Crippen LogP contribution in [0.15, 0.2) is 30.3 Å². The van der Waals surface area contributed by atoms with E-state index in [0.717, 1.165) is 0 Å². The topological polar surface area (TPSA) is 83.5 Å².